The molecule has 1 atom stereocenters. The Hall–Kier alpha value is -2.47. The van der Waals surface area contributed by atoms with Gasteiger partial charge in [-0.05, 0) is 5.56 Å². The van der Waals surface area contributed by atoms with Gasteiger partial charge in [0.1, 0.15) is 17.6 Å². The van der Waals surface area contributed by atoms with Gasteiger partial charge in [0.2, 0.25) is 5.91 Å². The third kappa shape index (κ3) is 4.04. The van der Waals surface area contributed by atoms with Gasteiger partial charge in [0.05, 0.1) is 11.2 Å². The predicted molar refractivity (Wildman–Crippen MR) is 87.0 cm³/mol. The van der Waals surface area contributed by atoms with E-state index in [9.17, 15) is 9.59 Å². The normalized spacial score (nSPS) is 12.0. The van der Waals surface area contributed by atoms with Gasteiger partial charge in [-0.2, -0.15) is 0 Å². The average Bonchev–Trinajstić information content (AvgIpc) is 2.53. The summed E-state index contributed by atoms with van der Waals surface area (Å²) < 4.78 is 0. The minimum Gasteiger partial charge on any atom is -0.368 e. The molecule has 1 heterocycles. The Morgan fingerprint density at radius 2 is 1.87 bits per heavy atom. The minimum atomic E-state index is -0.961. The fourth-order valence-electron chi connectivity index (χ4n) is 1.98. The molecule has 0 bridgehead atoms. The van der Waals surface area contributed by atoms with Gasteiger partial charge in [-0.25, -0.2) is 9.97 Å². The highest BCUT2D eigenvalue weighted by Crippen LogP contribution is 2.18. The molecule has 2 rings (SSSR count). The molecule has 0 fully saturated rings. The predicted octanol–water partition coefficient (Wildman–Crippen LogP) is 2.21. The average molecular weight is 333 g/mol. The number of benzene rings is 1. The number of hydrogen-bond donors (Lipinski definition) is 2. The molecule has 3 N–H and O–H groups in total. The highest BCUT2D eigenvalue weighted by atomic mass is 35.5. The molecule has 1 aromatic heterocycles. The topological polar surface area (TPSA) is 98.0 Å². The molecule has 6 nitrogen and oxygen atoms in total. The summed E-state index contributed by atoms with van der Waals surface area (Å²) in [6, 6.07) is 7.77. The largest absolute Gasteiger partial charge is 0.368 e. The van der Waals surface area contributed by atoms with Crippen molar-refractivity contribution in [2.75, 3.05) is 0 Å². The maximum absolute atomic E-state index is 12.4. The van der Waals surface area contributed by atoms with Crippen molar-refractivity contribution in [3.8, 4) is 0 Å². The van der Waals surface area contributed by atoms with Crippen molar-refractivity contribution in [1.29, 1.82) is 0 Å². The monoisotopic (exact) mass is 332 g/mol. The highest BCUT2D eigenvalue weighted by molar-refractivity contribution is 6.33. The van der Waals surface area contributed by atoms with Crippen LogP contribution in [0.15, 0.2) is 36.5 Å². The molecule has 23 heavy (non-hydrogen) atoms. The molecule has 0 unspecified atom stereocenters. The van der Waals surface area contributed by atoms with E-state index in [1.165, 1.54) is 6.20 Å². The van der Waals surface area contributed by atoms with Crippen molar-refractivity contribution in [1.82, 2.24) is 15.3 Å². The maximum atomic E-state index is 12.4. The van der Waals surface area contributed by atoms with E-state index in [-0.39, 0.29) is 16.6 Å². The van der Waals surface area contributed by atoms with Crippen LogP contribution in [-0.2, 0) is 4.79 Å². The van der Waals surface area contributed by atoms with E-state index in [4.69, 9.17) is 17.3 Å². The molecule has 0 saturated heterocycles. The van der Waals surface area contributed by atoms with Crippen LogP contribution in [-0.4, -0.2) is 21.8 Å². The van der Waals surface area contributed by atoms with E-state index in [1.54, 1.807) is 30.3 Å². The summed E-state index contributed by atoms with van der Waals surface area (Å²) in [5.41, 5.74) is 6.00. The van der Waals surface area contributed by atoms with Gasteiger partial charge in [0.15, 0.2) is 0 Å². The van der Waals surface area contributed by atoms with Gasteiger partial charge in [-0.3, -0.25) is 9.59 Å². The van der Waals surface area contributed by atoms with Gasteiger partial charge in [0.25, 0.3) is 5.91 Å². The van der Waals surface area contributed by atoms with Gasteiger partial charge >= 0.3 is 0 Å². The van der Waals surface area contributed by atoms with Crippen molar-refractivity contribution in [3.63, 3.8) is 0 Å². The molecule has 2 aromatic rings. The molecule has 120 valence electrons. The Balaban J connectivity index is 2.30. The van der Waals surface area contributed by atoms with E-state index < -0.39 is 17.9 Å². The third-order valence-electron chi connectivity index (χ3n) is 3.19. The Morgan fingerprint density at radius 3 is 2.43 bits per heavy atom. The van der Waals surface area contributed by atoms with Crippen LogP contribution >= 0.6 is 11.6 Å². The van der Waals surface area contributed by atoms with Crippen molar-refractivity contribution in [2.45, 2.75) is 25.8 Å². The first-order valence-corrected chi connectivity index (χ1v) is 7.45. The summed E-state index contributed by atoms with van der Waals surface area (Å²) in [4.78, 5) is 32.4. The van der Waals surface area contributed by atoms with Gasteiger partial charge < -0.3 is 11.1 Å². The summed E-state index contributed by atoms with van der Waals surface area (Å²) in [5.74, 6) is -0.708. The number of halogens is 1. The lowest BCUT2D eigenvalue weighted by molar-refractivity contribution is -0.120. The number of rotatable bonds is 5. The fraction of sp³-hybridized carbons (Fsp3) is 0.250. The number of hydrogen-bond acceptors (Lipinski definition) is 4. The van der Waals surface area contributed by atoms with E-state index >= 15 is 0 Å². The Bertz CT molecular complexity index is 719. The zero-order valence-electron chi connectivity index (χ0n) is 12.8. The number of nitrogens with one attached hydrogen (secondary N) is 1. The summed E-state index contributed by atoms with van der Waals surface area (Å²) in [5, 5.41) is 2.68. The van der Waals surface area contributed by atoms with E-state index in [0.29, 0.717) is 11.4 Å². The summed E-state index contributed by atoms with van der Waals surface area (Å²) in [6.45, 7) is 3.81. The molecule has 0 radical (unpaired) electrons. The zero-order chi connectivity index (χ0) is 17.0. The van der Waals surface area contributed by atoms with Crippen molar-refractivity contribution < 1.29 is 9.59 Å². The Kier molecular flexibility index (Phi) is 5.28. The standard InChI is InChI=1S/C16H17ClN4O2/c1-9(2)15-19-8-11(17)13(20-15)16(23)21-12(14(18)22)10-6-4-3-5-7-10/h3-9,12H,1-2H3,(H2,18,22)(H,21,23)/t12-/m0/s1. The molecule has 2 amide bonds. The zero-order valence-corrected chi connectivity index (χ0v) is 13.5. The van der Waals surface area contributed by atoms with Gasteiger partial charge in [-0.15, -0.1) is 0 Å². The smallest absolute Gasteiger partial charge is 0.272 e. The lowest BCUT2D eigenvalue weighted by Gasteiger charge is -2.16. The van der Waals surface area contributed by atoms with Crippen LogP contribution in [0.5, 0.6) is 0 Å². The number of aromatic nitrogens is 2. The molecular formula is C16H17ClN4O2. The van der Waals surface area contributed by atoms with Crippen LogP contribution in [0.3, 0.4) is 0 Å². The number of primary amides is 1. The molecule has 0 saturated carbocycles. The number of carbonyl (C=O) groups is 2. The first-order valence-electron chi connectivity index (χ1n) is 7.07. The number of amides is 2. The molecule has 7 heteroatoms. The summed E-state index contributed by atoms with van der Waals surface area (Å²) in [7, 11) is 0. The molecule has 0 spiro atoms. The maximum Gasteiger partial charge on any atom is 0.272 e. The van der Waals surface area contributed by atoms with Crippen molar-refractivity contribution in [3.05, 3.63) is 58.6 Å². The second-order valence-corrected chi connectivity index (χ2v) is 5.71. The van der Waals surface area contributed by atoms with Crippen LogP contribution in [0, 0.1) is 0 Å². The van der Waals surface area contributed by atoms with E-state index in [1.807, 2.05) is 13.8 Å². The molecule has 0 aliphatic carbocycles. The van der Waals surface area contributed by atoms with E-state index in [2.05, 4.69) is 15.3 Å². The Labute approximate surface area is 139 Å². The number of carbonyl (C=O) groups excluding carboxylic acids is 2. The molecule has 0 aliphatic heterocycles. The second-order valence-electron chi connectivity index (χ2n) is 5.30. The number of nitrogens with two attached hydrogens (primary N) is 1. The second kappa shape index (κ2) is 7.19. The quantitative estimate of drug-likeness (QED) is 0.877. The first kappa shape index (κ1) is 16.9. The fourth-order valence-corrected chi connectivity index (χ4v) is 2.16. The Morgan fingerprint density at radius 1 is 1.22 bits per heavy atom. The molecular weight excluding hydrogens is 316 g/mol. The van der Waals surface area contributed by atoms with Crippen LogP contribution in [0.1, 0.15) is 47.7 Å². The lowest BCUT2D eigenvalue weighted by Crippen LogP contribution is -2.38. The van der Waals surface area contributed by atoms with Gasteiger partial charge in [0, 0.05) is 5.92 Å². The van der Waals surface area contributed by atoms with E-state index in [0.717, 1.165) is 0 Å². The van der Waals surface area contributed by atoms with Gasteiger partial charge in [-0.1, -0.05) is 55.8 Å². The van der Waals surface area contributed by atoms with Crippen molar-refractivity contribution >= 4 is 23.4 Å². The highest BCUT2D eigenvalue weighted by Gasteiger charge is 2.23. The number of nitrogens with zero attached hydrogens (tertiary/aromatic N) is 2. The van der Waals surface area contributed by atoms with Crippen LogP contribution in [0.2, 0.25) is 5.02 Å². The summed E-state index contributed by atoms with van der Waals surface area (Å²) >= 11 is 6.00. The van der Waals surface area contributed by atoms with Crippen LogP contribution < -0.4 is 11.1 Å². The molecule has 1 aromatic carbocycles. The minimum absolute atomic E-state index is 0.0209. The summed E-state index contributed by atoms with van der Waals surface area (Å²) in [6.07, 6.45) is 1.38. The van der Waals surface area contributed by atoms with Crippen LogP contribution in [0.25, 0.3) is 0 Å². The molecule has 0 aliphatic rings. The first-order chi connectivity index (χ1) is 10.9. The SMILES string of the molecule is CC(C)c1ncc(Cl)c(C(=O)N[C@H](C(N)=O)c2ccccc2)n1. The van der Waals surface area contributed by atoms with Crippen LogP contribution in [0.4, 0.5) is 0 Å². The third-order valence-corrected chi connectivity index (χ3v) is 3.46. The van der Waals surface area contributed by atoms with Crippen molar-refractivity contribution in [2.24, 2.45) is 5.73 Å². The lowest BCUT2D eigenvalue weighted by atomic mass is 10.1.